The van der Waals surface area contributed by atoms with Gasteiger partial charge in [0.2, 0.25) is 0 Å². The van der Waals surface area contributed by atoms with Crippen LogP contribution in [0.1, 0.15) is 43.9 Å². The predicted octanol–water partition coefficient (Wildman–Crippen LogP) is 2.76. The molecule has 1 aromatic heterocycles. The van der Waals surface area contributed by atoms with Crippen LogP contribution in [0.5, 0.6) is 0 Å². The Morgan fingerprint density at radius 3 is 2.94 bits per heavy atom. The zero-order chi connectivity index (χ0) is 12.1. The number of rotatable bonds is 7. The summed E-state index contributed by atoms with van der Waals surface area (Å²) in [5, 5.41) is 3.40. The Morgan fingerprint density at radius 1 is 1.47 bits per heavy atom. The van der Waals surface area contributed by atoms with Gasteiger partial charge in [0.1, 0.15) is 5.76 Å². The average molecular weight is 236 g/mol. The van der Waals surface area contributed by atoms with Gasteiger partial charge >= 0.3 is 0 Å². The van der Waals surface area contributed by atoms with Crippen LogP contribution in [0.15, 0.2) is 16.7 Å². The Kier molecular flexibility index (Phi) is 4.63. The van der Waals surface area contributed by atoms with Gasteiger partial charge in [-0.2, -0.15) is 0 Å². The van der Waals surface area contributed by atoms with Gasteiger partial charge in [-0.15, -0.1) is 0 Å². The van der Waals surface area contributed by atoms with Crippen molar-refractivity contribution in [2.75, 3.05) is 13.6 Å². The van der Waals surface area contributed by atoms with Gasteiger partial charge in [0.05, 0.1) is 12.8 Å². The third kappa shape index (κ3) is 3.33. The number of hydrogen-bond acceptors (Lipinski definition) is 3. The van der Waals surface area contributed by atoms with Crippen LogP contribution >= 0.6 is 0 Å². The Labute approximate surface area is 104 Å². The molecule has 0 aromatic carbocycles. The van der Waals surface area contributed by atoms with Crippen molar-refractivity contribution in [3.05, 3.63) is 23.7 Å². The van der Waals surface area contributed by atoms with Gasteiger partial charge in [-0.25, -0.2) is 0 Å². The fraction of sp³-hybridized carbons (Fsp3) is 0.714. The van der Waals surface area contributed by atoms with Crippen molar-refractivity contribution in [3.63, 3.8) is 0 Å². The molecule has 17 heavy (non-hydrogen) atoms. The molecule has 0 spiro atoms. The van der Waals surface area contributed by atoms with Gasteiger partial charge in [-0.05, 0) is 38.9 Å². The van der Waals surface area contributed by atoms with Crippen LogP contribution < -0.4 is 5.32 Å². The fourth-order valence-electron chi connectivity index (χ4n) is 2.27. The Balaban J connectivity index is 1.84. The van der Waals surface area contributed by atoms with Crippen LogP contribution in [0, 0.1) is 0 Å². The van der Waals surface area contributed by atoms with Crippen molar-refractivity contribution < 1.29 is 4.42 Å². The maximum Gasteiger partial charge on any atom is 0.122 e. The van der Waals surface area contributed by atoms with Crippen LogP contribution in [0.4, 0.5) is 0 Å². The van der Waals surface area contributed by atoms with E-state index < -0.39 is 0 Å². The molecule has 2 rings (SSSR count). The van der Waals surface area contributed by atoms with Crippen molar-refractivity contribution >= 4 is 0 Å². The topological polar surface area (TPSA) is 28.4 Å². The molecule has 96 valence electrons. The molecule has 0 aliphatic heterocycles. The largest absolute Gasteiger partial charge is 0.468 e. The molecular formula is C14H24N2O. The minimum absolute atomic E-state index is 0.793. The third-order valence-corrected chi connectivity index (χ3v) is 3.67. The monoisotopic (exact) mass is 236 g/mol. The van der Waals surface area contributed by atoms with Crippen LogP contribution in [0.3, 0.4) is 0 Å². The van der Waals surface area contributed by atoms with E-state index in [0.717, 1.165) is 37.9 Å². The molecule has 1 aliphatic rings. The molecular weight excluding hydrogens is 212 g/mol. The minimum Gasteiger partial charge on any atom is -0.468 e. The summed E-state index contributed by atoms with van der Waals surface area (Å²) in [5.74, 6) is 1.10. The molecule has 1 saturated carbocycles. The molecule has 1 aliphatic carbocycles. The summed E-state index contributed by atoms with van der Waals surface area (Å²) < 4.78 is 5.55. The van der Waals surface area contributed by atoms with Gasteiger partial charge in [0, 0.05) is 18.2 Å². The summed E-state index contributed by atoms with van der Waals surface area (Å²) in [4.78, 5) is 2.46. The summed E-state index contributed by atoms with van der Waals surface area (Å²) in [5.41, 5.74) is 1.34. The summed E-state index contributed by atoms with van der Waals surface area (Å²) >= 11 is 0. The zero-order valence-electron chi connectivity index (χ0n) is 11.0. The second kappa shape index (κ2) is 6.22. The first kappa shape index (κ1) is 12.7. The normalized spacial score (nSPS) is 16.4. The molecule has 1 fully saturated rings. The predicted molar refractivity (Wildman–Crippen MR) is 69.8 cm³/mol. The molecule has 0 amide bonds. The van der Waals surface area contributed by atoms with Crippen LogP contribution in [-0.2, 0) is 13.1 Å². The highest BCUT2D eigenvalue weighted by molar-refractivity contribution is 5.17. The van der Waals surface area contributed by atoms with Gasteiger partial charge in [-0.3, -0.25) is 4.90 Å². The minimum atomic E-state index is 0.793. The fourth-order valence-corrected chi connectivity index (χ4v) is 2.27. The van der Waals surface area contributed by atoms with E-state index in [1.54, 1.807) is 0 Å². The number of hydrogen-bond donors (Lipinski definition) is 1. The van der Waals surface area contributed by atoms with Crippen molar-refractivity contribution in [1.82, 2.24) is 10.2 Å². The first-order valence-electron chi connectivity index (χ1n) is 6.77. The number of furan rings is 1. The van der Waals surface area contributed by atoms with E-state index in [9.17, 15) is 0 Å². The van der Waals surface area contributed by atoms with Crippen molar-refractivity contribution in [2.45, 2.75) is 51.7 Å². The first-order chi connectivity index (χ1) is 8.31. The average Bonchev–Trinajstić information content (AvgIpc) is 2.63. The van der Waals surface area contributed by atoms with E-state index in [1.807, 2.05) is 6.26 Å². The third-order valence-electron chi connectivity index (χ3n) is 3.67. The molecule has 0 atom stereocenters. The second-order valence-electron chi connectivity index (χ2n) is 5.05. The van der Waals surface area contributed by atoms with Gasteiger partial charge in [0.25, 0.3) is 0 Å². The van der Waals surface area contributed by atoms with E-state index in [4.69, 9.17) is 4.42 Å². The standard InChI is InChI=1S/C14H24N2O/c1-3-8-15-10-14-12(7-9-17-14)11-16(2)13-5-4-6-13/h7,9,13,15H,3-6,8,10-11H2,1-2H3. The zero-order valence-corrected chi connectivity index (χ0v) is 11.0. The van der Waals surface area contributed by atoms with E-state index in [2.05, 4.69) is 30.3 Å². The lowest BCUT2D eigenvalue weighted by Crippen LogP contribution is -2.36. The number of nitrogens with one attached hydrogen (secondary N) is 1. The lowest BCUT2D eigenvalue weighted by atomic mass is 9.91. The molecule has 3 heteroatoms. The highest BCUT2D eigenvalue weighted by Crippen LogP contribution is 2.25. The highest BCUT2D eigenvalue weighted by atomic mass is 16.3. The molecule has 1 heterocycles. The molecule has 0 radical (unpaired) electrons. The number of nitrogens with zero attached hydrogens (tertiary/aromatic N) is 1. The summed E-state index contributed by atoms with van der Waals surface area (Å²) in [6.45, 7) is 5.11. The summed E-state index contributed by atoms with van der Waals surface area (Å²) in [6.07, 6.45) is 7.09. The highest BCUT2D eigenvalue weighted by Gasteiger charge is 2.22. The molecule has 0 bridgehead atoms. The summed E-state index contributed by atoms with van der Waals surface area (Å²) in [6, 6.07) is 2.90. The Bertz CT molecular complexity index is 331. The maximum atomic E-state index is 5.55. The van der Waals surface area contributed by atoms with Crippen molar-refractivity contribution in [1.29, 1.82) is 0 Å². The van der Waals surface area contributed by atoms with Gasteiger partial charge < -0.3 is 9.73 Å². The van der Waals surface area contributed by atoms with Crippen LogP contribution in [0.2, 0.25) is 0 Å². The van der Waals surface area contributed by atoms with Gasteiger partial charge in [0.15, 0.2) is 0 Å². The van der Waals surface area contributed by atoms with E-state index in [1.165, 1.54) is 24.8 Å². The SMILES string of the molecule is CCCNCc1occc1CN(C)C1CCC1. The maximum absolute atomic E-state index is 5.55. The molecule has 1 aromatic rings. The molecule has 1 N–H and O–H groups in total. The Morgan fingerprint density at radius 2 is 2.29 bits per heavy atom. The lowest BCUT2D eigenvalue weighted by Gasteiger charge is -2.34. The molecule has 3 nitrogen and oxygen atoms in total. The smallest absolute Gasteiger partial charge is 0.122 e. The molecule has 0 unspecified atom stereocenters. The molecule has 0 saturated heterocycles. The van der Waals surface area contributed by atoms with Gasteiger partial charge in [-0.1, -0.05) is 13.3 Å². The van der Waals surface area contributed by atoms with E-state index >= 15 is 0 Å². The first-order valence-corrected chi connectivity index (χ1v) is 6.77. The van der Waals surface area contributed by atoms with E-state index in [-0.39, 0.29) is 0 Å². The van der Waals surface area contributed by atoms with Crippen LogP contribution in [-0.4, -0.2) is 24.5 Å². The van der Waals surface area contributed by atoms with E-state index in [0.29, 0.717) is 0 Å². The van der Waals surface area contributed by atoms with Crippen molar-refractivity contribution in [2.24, 2.45) is 0 Å². The van der Waals surface area contributed by atoms with Crippen LogP contribution in [0.25, 0.3) is 0 Å². The Hall–Kier alpha value is -0.800. The quantitative estimate of drug-likeness (QED) is 0.738. The second-order valence-corrected chi connectivity index (χ2v) is 5.05. The van der Waals surface area contributed by atoms with Crippen molar-refractivity contribution in [3.8, 4) is 0 Å². The lowest BCUT2D eigenvalue weighted by molar-refractivity contribution is 0.152. The summed E-state index contributed by atoms with van der Waals surface area (Å²) in [7, 11) is 2.22.